The fraction of sp³-hybridized carbons (Fsp3) is 0.333. The molecule has 2 heterocycles. The molecule has 4 rings (SSSR count). The minimum absolute atomic E-state index is 0.0895. The van der Waals surface area contributed by atoms with Crippen molar-refractivity contribution in [3.63, 3.8) is 0 Å². The molecule has 0 saturated carbocycles. The molecule has 1 fully saturated rings. The summed E-state index contributed by atoms with van der Waals surface area (Å²) in [6.45, 7) is 7.64. The molecular weight excluding hydrogens is 443 g/mol. The van der Waals surface area contributed by atoms with Crippen molar-refractivity contribution in [2.75, 3.05) is 19.6 Å². The van der Waals surface area contributed by atoms with Crippen LogP contribution in [0, 0.1) is 12.7 Å². The van der Waals surface area contributed by atoms with Gasteiger partial charge in [-0.05, 0) is 65.7 Å². The Balaban J connectivity index is 1.40. The average molecular weight is 469 g/mol. The summed E-state index contributed by atoms with van der Waals surface area (Å²) < 4.78 is 14.8. The van der Waals surface area contributed by atoms with Gasteiger partial charge in [0.25, 0.3) is 0 Å². The van der Waals surface area contributed by atoms with Crippen molar-refractivity contribution in [3.8, 4) is 0 Å². The zero-order valence-corrected chi connectivity index (χ0v) is 19.4. The van der Waals surface area contributed by atoms with E-state index in [2.05, 4.69) is 32.2 Å². The highest BCUT2D eigenvalue weighted by Crippen LogP contribution is 2.19. The molecule has 0 aliphatic carbocycles. The lowest BCUT2D eigenvalue weighted by Crippen LogP contribution is -2.49. The molecule has 1 saturated heterocycles. The van der Waals surface area contributed by atoms with Crippen LogP contribution < -0.4 is 0 Å². The molecule has 1 aliphatic heterocycles. The molecule has 1 aliphatic rings. The Morgan fingerprint density at radius 2 is 1.97 bits per heavy atom. The van der Waals surface area contributed by atoms with Crippen LogP contribution in [-0.4, -0.2) is 61.5 Å². The number of ketones is 1. The van der Waals surface area contributed by atoms with Crippen molar-refractivity contribution in [1.29, 1.82) is 0 Å². The first kappa shape index (κ1) is 23.1. The summed E-state index contributed by atoms with van der Waals surface area (Å²) in [5.74, 6) is 0.355. The fourth-order valence-corrected chi connectivity index (χ4v) is 4.20. The normalized spacial score (nSPS) is 17.1. The standard InChI is InChI=1S/C24H26ClFN6O/c1-17-14-30(15-19-3-6-22(26)7-4-19)11-12-31(17)10-9-24(33)23-8-5-21(25)13-20(23)16-32-18(2)27-28-29-32/h3-10,13,17H,11-12,14-16H2,1-2H3/b10-9+/t17-/m1/s1. The highest BCUT2D eigenvalue weighted by atomic mass is 35.5. The Morgan fingerprint density at radius 1 is 1.18 bits per heavy atom. The molecular formula is C24H26ClFN6O. The van der Waals surface area contributed by atoms with E-state index in [0.717, 1.165) is 37.3 Å². The number of rotatable bonds is 7. The number of hydrogen-bond donors (Lipinski definition) is 0. The molecule has 33 heavy (non-hydrogen) atoms. The van der Waals surface area contributed by atoms with Gasteiger partial charge in [-0.15, -0.1) is 5.10 Å². The van der Waals surface area contributed by atoms with Gasteiger partial charge in [-0.1, -0.05) is 23.7 Å². The first-order valence-corrected chi connectivity index (χ1v) is 11.2. The maximum atomic E-state index is 13.1. The van der Waals surface area contributed by atoms with Crippen LogP contribution in [0.4, 0.5) is 4.39 Å². The lowest BCUT2D eigenvalue weighted by molar-refractivity contribution is 0.102. The van der Waals surface area contributed by atoms with Gasteiger partial charge in [-0.3, -0.25) is 9.69 Å². The average Bonchev–Trinajstić information content (AvgIpc) is 3.19. The Bertz CT molecular complexity index is 1150. The van der Waals surface area contributed by atoms with E-state index in [4.69, 9.17) is 11.6 Å². The second kappa shape index (κ2) is 10.2. The van der Waals surface area contributed by atoms with Crippen LogP contribution in [0.1, 0.15) is 34.2 Å². The molecule has 1 aromatic heterocycles. The van der Waals surface area contributed by atoms with Crippen LogP contribution in [0.15, 0.2) is 54.7 Å². The van der Waals surface area contributed by atoms with Gasteiger partial charge in [-0.25, -0.2) is 9.07 Å². The predicted octanol–water partition coefficient (Wildman–Crippen LogP) is 3.73. The molecule has 0 bridgehead atoms. The van der Waals surface area contributed by atoms with E-state index in [-0.39, 0.29) is 17.6 Å². The minimum Gasteiger partial charge on any atom is -0.372 e. The summed E-state index contributed by atoms with van der Waals surface area (Å²) in [4.78, 5) is 17.5. The van der Waals surface area contributed by atoms with Crippen LogP contribution in [0.25, 0.3) is 0 Å². The first-order valence-electron chi connectivity index (χ1n) is 10.9. The second-order valence-electron chi connectivity index (χ2n) is 8.31. The van der Waals surface area contributed by atoms with Crippen LogP contribution in [-0.2, 0) is 13.1 Å². The van der Waals surface area contributed by atoms with Gasteiger partial charge in [0.05, 0.1) is 6.54 Å². The van der Waals surface area contributed by atoms with Gasteiger partial charge in [0, 0.05) is 55.1 Å². The lowest BCUT2D eigenvalue weighted by atomic mass is 10.0. The predicted molar refractivity (Wildman–Crippen MR) is 124 cm³/mol. The molecule has 7 nitrogen and oxygen atoms in total. The highest BCUT2D eigenvalue weighted by molar-refractivity contribution is 6.30. The summed E-state index contributed by atoms with van der Waals surface area (Å²) in [6, 6.07) is 12.1. The molecule has 172 valence electrons. The number of allylic oxidation sites excluding steroid dienone is 1. The Kier molecular flexibility index (Phi) is 7.15. The molecule has 2 aromatic carbocycles. The number of halogens is 2. The molecule has 0 unspecified atom stereocenters. The third-order valence-corrected chi connectivity index (χ3v) is 6.10. The van der Waals surface area contributed by atoms with Crippen LogP contribution >= 0.6 is 11.6 Å². The summed E-state index contributed by atoms with van der Waals surface area (Å²) in [7, 11) is 0. The number of carbonyl (C=O) groups is 1. The third-order valence-electron chi connectivity index (χ3n) is 5.86. The molecule has 1 atom stereocenters. The van der Waals surface area contributed by atoms with Gasteiger partial charge in [0.1, 0.15) is 11.6 Å². The largest absolute Gasteiger partial charge is 0.372 e. The quantitative estimate of drug-likeness (QED) is 0.389. The number of aryl methyl sites for hydroxylation is 1. The number of piperazine rings is 1. The van der Waals surface area contributed by atoms with Crippen LogP contribution in [0.3, 0.4) is 0 Å². The Labute approximate surface area is 197 Å². The summed E-state index contributed by atoms with van der Waals surface area (Å²) in [5, 5.41) is 12.1. The van der Waals surface area contributed by atoms with Crippen molar-refractivity contribution >= 4 is 17.4 Å². The van der Waals surface area contributed by atoms with Crippen molar-refractivity contribution in [2.24, 2.45) is 0 Å². The van der Waals surface area contributed by atoms with Crippen LogP contribution in [0.2, 0.25) is 5.02 Å². The van der Waals surface area contributed by atoms with Gasteiger partial charge >= 0.3 is 0 Å². The zero-order chi connectivity index (χ0) is 23.4. The van der Waals surface area contributed by atoms with Crippen molar-refractivity contribution in [3.05, 3.63) is 88.1 Å². The smallest absolute Gasteiger partial charge is 0.187 e. The highest BCUT2D eigenvalue weighted by Gasteiger charge is 2.22. The molecule has 0 spiro atoms. The molecule has 0 amide bonds. The minimum atomic E-state index is -0.219. The Hall–Kier alpha value is -3.10. The van der Waals surface area contributed by atoms with Gasteiger partial charge in [0.2, 0.25) is 0 Å². The van der Waals surface area contributed by atoms with Gasteiger partial charge in [-0.2, -0.15) is 0 Å². The maximum absolute atomic E-state index is 13.1. The molecule has 9 heteroatoms. The number of nitrogens with zero attached hydrogens (tertiary/aromatic N) is 6. The molecule has 0 radical (unpaired) electrons. The van der Waals surface area contributed by atoms with Crippen LogP contribution in [0.5, 0.6) is 0 Å². The SMILES string of the molecule is Cc1nnnn1Cc1cc(Cl)ccc1C(=O)/C=C/N1CCN(Cc2ccc(F)cc2)C[C@H]1C. The molecule has 3 aromatic rings. The van der Waals surface area contributed by atoms with E-state index < -0.39 is 0 Å². The number of benzene rings is 2. The van der Waals surface area contributed by atoms with E-state index in [9.17, 15) is 9.18 Å². The van der Waals surface area contributed by atoms with Gasteiger partial charge < -0.3 is 4.90 Å². The Morgan fingerprint density at radius 3 is 2.67 bits per heavy atom. The summed E-state index contributed by atoms with van der Waals surface area (Å²) in [6.07, 6.45) is 3.49. The van der Waals surface area contributed by atoms with E-state index in [0.29, 0.717) is 23.0 Å². The van der Waals surface area contributed by atoms with E-state index >= 15 is 0 Å². The number of carbonyl (C=O) groups excluding carboxylic acids is 1. The van der Waals surface area contributed by atoms with E-state index in [1.54, 1.807) is 29.0 Å². The number of tetrazole rings is 1. The monoisotopic (exact) mass is 468 g/mol. The number of aromatic nitrogens is 4. The second-order valence-corrected chi connectivity index (χ2v) is 8.75. The topological polar surface area (TPSA) is 67.2 Å². The van der Waals surface area contributed by atoms with E-state index in [1.807, 2.05) is 25.3 Å². The zero-order valence-electron chi connectivity index (χ0n) is 18.7. The van der Waals surface area contributed by atoms with E-state index in [1.165, 1.54) is 12.1 Å². The summed E-state index contributed by atoms with van der Waals surface area (Å²) >= 11 is 6.18. The third kappa shape index (κ3) is 5.83. The molecule has 0 N–H and O–H groups in total. The first-order chi connectivity index (χ1) is 15.9. The van der Waals surface area contributed by atoms with Crippen molar-refractivity contribution in [1.82, 2.24) is 30.0 Å². The summed E-state index contributed by atoms with van der Waals surface area (Å²) in [5.41, 5.74) is 2.44. The maximum Gasteiger partial charge on any atom is 0.187 e. The lowest BCUT2D eigenvalue weighted by Gasteiger charge is -2.39. The fourth-order valence-electron chi connectivity index (χ4n) is 4.00. The number of hydrogen-bond acceptors (Lipinski definition) is 6. The van der Waals surface area contributed by atoms with Crippen molar-refractivity contribution < 1.29 is 9.18 Å². The van der Waals surface area contributed by atoms with Crippen molar-refractivity contribution in [2.45, 2.75) is 33.0 Å². The van der Waals surface area contributed by atoms with Gasteiger partial charge in [0.15, 0.2) is 5.78 Å².